The first-order chi connectivity index (χ1) is 10.8. The molecule has 0 saturated heterocycles. The molecule has 23 heavy (non-hydrogen) atoms. The number of aromatic nitrogens is 3. The SMILES string of the molecule is C=CC(=CC)NC(=O)c1c(N)nn2ccc(C(C)(C)C#N)nc12. The maximum absolute atomic E-state index is 12.5. The van der Waals surface area contributed by atoms with Crippen LogP contribution in [-0.4, -0.2) is 20.5 Å². The van der Waals surface area contributed by atoms with Gasteiger partial charge in [-0.25, -0.2) is 9.50 Å². The van der Waals surface area contributed by atoms with E-state index in [-0.39, 0.29) is 11.4 Å². The largest absolute Gasteiger partial charge is 0.381 e. The van der Waals surface area contributed by atoms with Crippen molar-refractivity contribution in [3.05, 3.63) is 47.9 Å². The van der Waals surface area contributed by atoms with Gasteiger partial charge in [0.05, 0.1) is 17.2 Å². The summed E-state index contributed by atoms with van der Waals surface area (Å²) in [6.07, 6.45) is 4.87. The average Bonchev–Trinajstić information content (AvgIpc) is 2.87. The number of nitrogens with zero attached hydrogens (tertiary/aromatic N) is 4. The van der Waals surface area contributed by atoms with Crippen LogP contribution in [0.4, 0.5) is 5.82 Å². The summed E-state index contributed by atoms with van der Waals surface area (Å²) < 4.78 is 1.42. The second-order valence-corrected chi connectivity index (χ2v) is 5.48. The summed E-state index contributed by atoms with van der Waals surface area (Å²) in [5, 5.41) is 16.0. The van der Waals surface area contributed by atoms with Crippen molar-refractivity contribution in [2.45, 2.75) is 26.2 Å². The predicted molar refractivity (Wildman–Crippen MR) is 87.5 cm³/mol. The highest BCUT2D eigenvalue weighted by molar-refractivity contribution is 6.05. The molecule has 0 aliphatic heterocycles. The number of nitrogen functional groups attached to an aromatic ring is 1. The van der Waals surface area contributed by atoms with Crippen LogP contribution in [0.3, 0.4) is 0 Å². The maximum Gasteiger partial charge on any atom is 0.263 e. The van der Waals surface area contributed by atoms with Gasteiger partial charge < -0.3 is 11.1 Å². The number of hydrogen-bond donors (Lipinski definition) is 2. The molecule has 2 heterocycles. The summed E-state index contributed by atoms with van der Waals surface area (Å²) in [5.41, 5.74) is 6.64. The van der Waals surface area contributed by atoms with E-state index < -0.39 is 11.3 Å². The van der Waals surface area contributed by atoms with Gasteiger partial charge in [0.25, 0.3) is 5.91 Å². The number of carbonyl (C=O) groups is 1. The third-order valence-electron chi connectivity index (χ3n) is 3.45. The van der Waals surface area contributed by atoms with Crippen LogP contribution in [0.25, 0.3) is 5.65 Å². The van der Waals surface area contributed by atoms with Crippen LogP contribution in [0.1, 0.15) is 36.8 Å². The lowest BCUT2D eigenvalue weighted by Crippen LogP contribution is -2.23. The van der Waals surface area contributed by atoms with Crippen LogP contribution in [0.2, 0.25) is 0 Å². The molecule has 0 saturated carbocycles. The molecule has 2 aromatic rings. The first-order valence-electron chi connectivity index (χ1n) is 7.00. The number of amides is 1. The second kappa shape index (κ2) is 5.93. The second-order valence-electron chi connectivity index (χ2n) is 5.48. The highest BCUT2D eigenvalue weighted by atomic mass is 16.1. The van der Waals surface area contributed by atoms with E-state index in [1.165, 1.54) is 10.6 Å². The fourth-order valence-corrected chi connectivity index (χ4v) is 2.00. The summed E-state index contributed by atoms with van der Waals surface area (Å²) >= 11 is 0. The molecule has 0 spiro atoms. The Kier molecular flexibility index (Phi) is 4.18. The minimum atomic E-state index is -0.788. The molecule has 118 valence electrons. The van der Waals surface area contributed by atoms with E-state index in [2.05, 4.69) is 28.0 Å². The lowest BCUT2D eigenvalue weighted by atomic mass is 9.91. The Morgan fingerprint density at radius 3 is 2.83 bits per heavy atom. The van der Waals surface area contributed by atoms with Crippen molar-refractivity contribution in [2.24, 2.45) is 0 Å². The molecule has 0 radical (unpaired) electrons. The minimum absolute atomic E-state index is 0.0708. The summed E-state index contributed by atoms with van der Waals surface area (Å²) in [4.78, 5) is 16.9. The number of fused-ring (bicyclic) bond motifs is 1. The number of nitrogens with two attached hydrogens (primary N) is 1. The van der Waals surface area contributed by atoms with Crippen molar-refractivity contribution in [1.82, 2.24) is 19.9 Å². The van der Waals surface area contributed by atoms with Crippen LogP contribution in [0.5, 0.6) is 0 Å². The van der Waals surface area contributed by atoms with E-state index in [0.29, 0.717) is 17.0 Å². The third kappa shape index (κ3) is 2.92. The molecule has 0 aliphatic rings. The first-order valence-corrected chi connectivity index (χ1v) is 7.00. The number of rotatable bonds is 4. The first kappa shape index (κ1) is 16.2. The molecule has 0 bridgehead atoms. The topological polar surface area (TPSA) is 109 Å². The Hall–Kier alpha value is -3.14. The lowest BCUT2D eigenvalue weighted by Gasteiger charge is -2.14. The van der Waals surface area contributed by atoms with Crippen molar-refractivity contribution >= 4 is 17.4 Å². The van der Waals surface area contributed by atoms with Crippen LogP contribution < -0.4 is 11.1 Å². The van der Waals surface area contributed by atoms with Crippen molar-refractivity contribution in [1.29, 1.82) is 5.26 Å². The summed E-state index contributed by atoms with van der Waals surface area (Å²) in [5.74, 6) is -0.355. The van der Waals surface area contributed by atoms with E-state index >= 15 is 0 Å². The van der Waals surface area contributed by atoms with Crippen LogP contribution >= 0.6 is 0 Å². The molecule has 0 fully saturated rings. The van der Waals surface area contributed by atoms with Gasteiger partial charge in [0.2, 0.25) is 0 Å². The van der Waals surface area contributed by atoms with Gasteiger partial charge in [-0.15, -0.1) is 5.10 Å². The van der Waals surface area contributed by atoms with Gasteiger partial charge in [-0.2, -0.15) is 5.26 Å². The molecule has 0 aromatic carbocycles. The van der Waals surface area contributed by atoms with Crippen LogP contribution in [-0.2, 0) is 5.41 Å². The summed E-state index contributed by atoms with van der Waals surface area (Å²) in [6.45, 7) is 8.90. The molecule has 0 unspecified atom stereocenters. The summed E-state index contributed by atoms with van der Waals surface area (Å²) in [6, 6.07) is 3.87. The Labute approximate surface area is 134 Å². The molecule has 1 amide bonds. The molecule has 2 rings (SSSR count). The highest BCUT2D eigenvalue weighted by Crippen LogP contribution is 2.23. The Balaban J connectivity index is 2.58. The number of hydrogen-bond acceptors (Lipinski definition) is 5. The molecule has 7 nitrogen and oxygen atoms in total. The summed E-state index contributed by atoms with van der Waals surface area (Å²) in [7, 11) is 0. The number of nitrogens with one attached hydrogen (secondary N) is 1. The molecular weight excluding hydrogens is 292 g/mol. The van der Waals surface area contributed by atoms with Gasteiger partial charge in [-0.05, 0) is 32.9 Å². The van der Waals surface area contributed by atoms with Crippen molar-refractivity contribution in [3.8, 4) is 6.07 Å². The van der Waals surface area contributed by atoms with Crippen molar-refractivity contribution in [2.75, 3.05) is 5.73 Å². The average molecular weight is 310 g/mol. The van der Waals surface area contributed by atoms with Crippen molar-refractivity contribution < 1.29 is 4.79 Å². The van der Waals surface area contributed by atoms with E-state index in [9.17, 15) is 10.1 Å². The van der Waals surface area contributed by atoms with Gasteiger partial charge in [0.15, 0.2) is 11.5 Å². The van der Waals surface area contributed by atoms with Gasteiger partial charge >= 0.3 is 0 Å². The smallest absolute Gasteiger partial charge is 0.263 e. The van der Waals surface area contributed by atoms with E-state index in [1.807, 2.05) is 0 Å². The number of nitriles is 1. The zero-order chi connectivity index (χ0) is 17.2. The normalized spacial score (nSPS) is 12.0. The Morgan fingerprint density at radius 2 is 2.26 bits per heavy atom. The van der Waals surface area contributed by atoms with Crippen LogP contribution in [0, 0.1) is 11.3 Å². The number of allylic oxidation sites excluding steroid dienone is 2. The van der Waals surface area contributed by atoms with Gasteiger partial charge in [0.1, 0.15) is 5.56 Å². The van der Waals surface area contributed by atoms with E-state index in [4.69, 9.17) is 5.73 Å². The van der Waals surface area contributed by atoms with E-state index in [0.717, 1.165) is 0 Å². The zero-order valence-corrected chi connectivity index (χ0v) is 13.3. The standard InChI is InChI=1S/C16H18N6O/c1-5-10(6-2)19-15(23)12-13(18)21-22-8-7-11(20-14(12)22)16(3,4)9-17/h5-8H,1H2,2-4H3,(H2,18,21)(H,19,23). The molecule has 0 atom stereocenters. The van der Waals surface area contributed by atoms with Gasteiger partial charge in [0, 0.05) is 11.9 Å². The monoisotopic (exact) mass is 310 g/mol. The lowest BCUT2D eigenvalue weighted by molar-refractivity contribution is 0.0969. The Bertz CT molecular complexity index is 853. The number of carbonyl (C=O) groups excluding carboxylic acids is 1. The van der Waals surface area contributed by atoms with E-state index in [1.54, 1.807) is 39.1 Å². The molecule has 0 aliphatic carbocycles. The third-order valence-corrected chi connectivity index (χ3v) is 3.45. The van der Waals surface area contributed by atoms with Gasteiger partial charge in [-0.3, -0.25) is 4.79 Å². The number of anilines is 1. The zero-order valence-electron chi connectivity index (χ0n) is 13.3. The fraction of sp³-hybridized carbons (Fsp3) is 0.250. The van der Waals surface area contributed by atoms with Crippen LogP contribution in [0.15, 0.2) is 36.7 Å². The molecular formula is C16H18N6O. The molecule has 7 heteroatoms. The molecule has 3 N–H and O–H groups in total. The Morgan fingerprint density at radius 1 is 1.57 bits per heavy atom. The van der Waals surface area contributed by atoms with Gasteiger partial charge in [-0.1, -0.05) is 12.7 Å². The van der Waals surface area contributed by atoms with Crippen molar-refractivity contribution in [3.63, 3.8) is 0 Å². The predicted octanol–water partition coefficient (Wildman–Crippen LogP) is 1.93. The quantitative estimate of drug-likeness (QED) is 0.839. The molecule has 2 aromatic heterocycles. The fourth-order valence-electron chi connectivity index (χ4n) is 2.00. The highest BCUT2D eigenvalue weighted by Gasteiger charge is 2.25. The maximum atomic E-state index is 12.5. The minimum Gasteiger partial charge on any atom is -0.381 e.